The maximum atomic E-state index is 4.34. The first-order valence-corrected chi connectivity index (χ1v) is 37.6. The van der Waals surface area contributed by atoms with Gasteiger partial charge in [-0.3, -0.25) is 39.9 Å². The zero-order chi connectivity index (χ0) is 80.8. The lowest BCUT2D eigenvalue weighted by atomic mass is 9.99. The summed E-state index contributed by atoms with van der Waals surface area (Å²) in [5.74, 6) is 0.823. The summed E-state index contributed by atoms with van der Waals surface area (Å²) in [5, 5.41) is 9.07. The van der Waals surface area contributed by atoms with Crippen LogP contribution in [0, 0.1) is 69.2 Å². The van der Waals surface area contributed by atoms with Crippen molar-refractivity contribution in [2.45, 2.75) is 69.2 Å². The Bertz CT molecular complexity index is 5690. The molecular weight excluding hydrogens is 1430 g/mol. The second-order valence-electron chi connectivity index (χ2n) is 27.0. The van der Waals surface area contributed by atoms with Gasteiger partial charge in [-0.15, -0.1) is 0 Å². The summed E-state index contributed by atoms with van der Waals surface area (Å²) >= 11 is 0. The first-order chi connectivity index (χ1) is 56.6. The molecule has 0 aliphatic rings. The van der Waals surface area contributed by atoms with Crippen molar-refractivity contribution in [1.29, 1.82) is 0 Å². The molecule has 0 aliphatic carbocycles. The van der Waals surface area contributed by atoms with Gasteiger partial charge in [0.25, 0.3) is 0 Å². The van der Waals surface area contributed by atoms with E-state index in [2.05, 4.69) is 188 Å². The van der Waals surface area contributed by atoms with Crippen LogP contribution in [0.1, 0.15) is 56.4 Å². The summed E-state index contributed by atoms with van der Waals surface area (Å²) in [5.41, 5.74) is 24.1. The van der Waals surface area contributed by atoms with Crippen molar-refractivity contribution in [3.8, 4) is 11.1 Å². The Morgan fingerprint density at radius 1 is 0.198 bits per heavy atom. The number of hydrogen-bond donors (Lipinski definition) is 0. The number of benzene rings is 6. The van der Waals surface area contributed by atoms with Crippen LogP contribution in [-0.2, 0) is 0 Å². The van der Waals surface area contributed by atoms with Gasteiger partial charge in [-0.2, -0.15) is 0 Å². The molecule has 0 atom stereocenters. The molecule has 568 valence electrons. The number of hydrogen-bond acceptors (Lipinski definition) is 19. The normalized spacial score (nSPS) is 10.3. The molecule has 21 aromatic rings. The van der Waals surface area contributed by atoms with Gasteiger partial charge in [0.15, 0.2) is 11.3 Å². The number of aryl methyl sites for hydroxylation is 10. The van der Waals surface area contributed by atoms with Crippen molar-refractivity contribution in [3.05, 3.63) is 392 Å². The summed E-state index contributed by atoms with van der Waals surface area (Å²) in [7, 11) is 0. The average molecular weight is 1520 g/mol. The summed E-state index contributed by atoms with van der Waals surface area (Å²) in [6.45, 7) is 20.1. The van der Waals surface area contributed by atoms with Crippen LogP contribution in [0.2, 0.25) is 0 Å². The van der Waals surface area contributed by atoms with Crippen LogP contribution in [-0.4, -0.2) is 94.7 Å². The minimum Gasteiger partial charge on any atom is -0.264 e. The first kappa shape index (κ1) is 80.4. The van der Waals surface area contributed by atoms with E-state index in [0.717, 1.165) is 133 Å². The SMILES string of the molecule is Cc1cc(-c2ccccc2)cc2ccncc12.Cc1ccc2cccnc2n1.Cc1ccc2cnccc2n1.Cc1ccc2cncnc2c1.Cc1ccc2ncccc2n1.Cc1ccc2ncncc2c1.Cc1cnc2ccccc2n1.Cc1cnc2cccnc2c1.Cc1cnc2ncccc2c1.Cc1ncc2ccccc2n1. The molecule has 0 saturated carbocycles. The third-order valence-corrected chi connectivity index (χ3v) is 17.6. The van der Waals surface area contributed by atoms with Crippen molar-refractivity contribution < 1.29 is 0 Å². The second kappa shape index (κ2) is 40.7. The molecule has 21 rings (SSSR count). The molecule has 19 nitrogen and oxygen atoms in total. The van der Waals surface area contributed by atoms with Gasteiger partial charge in [0, 0.05) is 142 Å². The van der Waals surface area contributed by atoms with E-state index in [9.17, 15) is 0 Å². The molecule has 0 unspecified atom stereocenters. The van der Waals surface area contributed by atoms with Gasteiger partial charge < -0.3 is 0 Å². The van der Waals surface area contributed by atoms with Crippen LogP contribution < -0.4 is 0 Å². The highest BCUT2D eigenvalue weighted by Gasteiger charge is 2.05. The average Bonchev–Trinajstić information content (AvgIpc) is 0.801. The highest BCUT2D eigenvalue weighted by atomic mass is 14.9. The minimum absolute atomic E-state index is 0.818. The quantitative estimate of drug-likeness (QED) is 0.148. The van der Waals surface area contributed by atoms with E-state index >= 15 is 0 Å². The zero-order valence-corrected chi connectivity index (χ0v) is 66.3. The lowest BCUT2D eigenvalue weighted by Crippen LogP contribution is -1.86. The minimum atomic E-state index is 0.818. The van der Waals surface area contributed by atoms with Crippen LogP contribution in [0.5, 0.6) is 0 Å². The Kier molecular flexibility index (Phi) is 28.2. The molecule has 15 aromatic heterocycles. The van der Waals surface area contributed by atoms with Crippen LogP contribution in [0.25, 0.3) is 121 Å². The highest BCUT2D eigenvalue weighted by Crippen LogP contribution is 2.27. The maximum Gasteiger partial charge on any atom is 0.159 e. The number of pyridine rings is 11. The van der Waals surface area contributed by atoms with E-state index in [4.69, 9.17) is 0 Å². The van der Waals surface area contributed by atoms with Crippen molar-refractivity contribution in [1.82, 2.24) is 94.7 Å². The van der Waals surface area contributed by atoms with E-state index in [-0.39, 0.29) is 0 Å². The number of nitrogens with zero attached hydrogens (tertiary/aromatic N) is 19. The van der Waals surface area contributed by atoms with E-state index < -0.39 is 0 Å². The summed E-state index contributed by atoms with van der Waals surface area (Å²) < 4.78 is 0. The lowest BCUT2D eigenvalue weighted by molar-refractivity contribution is 1.09. The third kappa shape index (κ3) is 23.7. The largest absolute Gasteiger partial charge is 0.264 e. The van der Waals surface area contributed by atoms with Crippen molar-refractivity contribution in [2.75, 3.05) is 0 Å². The number of rotatable bonds is 1. The van der Waals surface area contributed by atoms with Gasteiger partial charge >= 0.3 is 0 Å². The molecule has 0 amide bonds. The molecule has 0 saturated heterocycles. The maximum absolute atomic E-state index is 4.34. The molecule has 19 heteroatoms. The molecule has 0 aliphatic heterocycles. The molecule has 116 heavy (non-hydrogen) atoms. The highest BCUT2D eigenvalue weighted by molar-refractivity contribution is 5.90. The van der Waals surface area contributed by atoms with Gasteiger partial charge in [-0.25, -0.2) is 54.8 Å². The second-order valence-corrected chi connectivity index (χ2v) is 27.0. The molecule has 0 bridgehead atoms. The van der Waals surface area contributed by atoms with Crippen LogP contribution in [0.15, 0.2) is 336 Å². The standard InChI is InChI=1S/C16H13N.9C9H8N2/c1-12-9-15(13-5-3-2-4-6-13)10-14-7-8-17-11-16(12)14;1-7-2-3-9-8(4-7)5-10-6-11-9;1-7-2-3-8-5-10-6-11-9(8)4-7;1-7-2-3-8-6-10-5-4-9(8)11-7;1-7-4-5-8-9(11-7)3-2-6-10-8;1-7-4-5-8-3-2-6-10-9(8)11-7;1-7-5-9-8(11-6-7)3-2-4-10-9;1-7-5-8-3-2-4-10-9(8)11-6-7;1-7-10-6-8-4-2-3-5-9(8)11-7;1-7-6-10-8-4-2-3-5-9(8)11-7/h2-11H,1H3;9*2-6H,1H3. The Morgan fingerprint density at radius 3 is 1.49 bits per heavy atom. The van der Waals surface area contributed by atoms with Gasteiger partial charge in [0.2, 0.25) is 0 Å². The first-order valence-electron chi connectivity index (χ1n) is 37.6. The van der Waals surface area contributed by atoms with Crippen LogP contribution in [0.3, 0.4) is 0 Å². The van der Waals surface area contributed by atoms with E-state index in [0.29, 0.717) is 0 Å². The summed E-state index contributed by atoms with van der Waals surface area (Å²) in [6.07, 6.45) is 28.5. The fraction of sp³-hybridized carbons (Fsp3) is 0.103. The predicted octanol–water partition coefficient (Wildman–Crippen LogP) is 21.7. The summed E-state index contributed by atoms with van der Waals surface area (Å²) in [4.78, 5) is 79.1. The smallest absolute Gasteiger partial charge is 0.159 e. The van der Waals surface area contributed by atoms with Crippen molar-refractivity contribution >= 4 is 110 Å². The van der Waals surface area contributed by atoms with Gasteiger partial charge in [-0.1, -0.05) is 90.5 Å². The Hall–Kier alpha value is -15.1. The predicted molar refractivity (Wildman–Crippen MR) is 470 cm³/mol. The summed E-state index contributed by atoms with van der Waals surface area (Å²) in [6, 6.07) is 78.7. The number of para-hydroxylation sites is 3. The molecule has 0 N–H and O–H groups in total. The molecule has 0 fully saturated rings. The van der Waals surface area contributed by atoms with Gasteiger partial charge in [0.1, 0.15) is 18.5 Å². The topological polar surface area (TPSA) is 245 Å². The van der Waals surface area contributed by atoms with E-state index in [1.165, 1.54) is 44.2 Å². The van der Waals surface area contributed by atoms with Crippen molar-refractivity contribution in [2.24, 2.45) is 0 Å². The van der Waals surface area contributed by atoms with E-state index in [1.54, 1.807) is 49.8 Å². The molecule has 6 aromatic carbocycles. The van der Waals surface area contributed by atoms with E-state index in [1.807, 2.05) is 262 Å². The Balaban J connectivity index is 0.000000119. The number of aromatic nitrogens is 19. The molecule has 0 radical (unpaired) electrons. The Labute approximate surface area is 673 Å². The van der Waals surface area contributed by atoms with Crippen molar-refractivity contribution in [3.63, 3.8) is 0 Å². The fourth-order valence-corrected chi connectivity index (χ4v) is 11.8. The molecule has 0 spiro atoms. The van der Waals surface area contributed by atoms with Crippen LogP contribution in [0.4, 0.5) is 0 Å². The van der Waals surface area contributed by atoms with Gasteiger partial charge in [0.05, 0.1) is 60.9 Å². The van der Waals surface area contributed by atoms with Crippen LogP contribution >= 0.6 is 0 Å². The third-order valence-electron chi connectivity index (χ3n) is 17.6. The fourth-order valence-electron chi connectivity index (χ4n) is 11.8. The monoisotopic (exact) mass is 1520 g/mol. The Morgan fingerprint density at radius 2 is 0.690 bits per heavy atom. The number of fused-ring (bicyclic) bond motifs is 10. The zero-order valence-electron chi connectivity index (χ0n) is 66.3. The van der Waals surface area contributed by atoms with Gasteiger partial charge in [-0.05, 0) is 260 Å². The molecule has 15 heterocycles. The lowest BCUT2D eigenvalue weighted by Gasteiger charge is -2.07. The molecular formula is C97H85N19.